The van der Waals surface area contributed by atoms with Crippen molar-refractivity contribution in [1.82, 2.24) is 30.4 Å². The Hall–Kier alpha value is -2.68. The molecule has 0 aliphatic rings. The van der Waals surface area contributed by atoms with E-state index in [-0.39, 0.29) is 17.9 Å². The highest BCUT2D eigenvalue weighted by Gasteiger charge is 2.21. The van der Waals surface area contributed by atoms with E-state index >= 15 is 0 Å². The number of aryl methyl sites for hydroxylation is 1. The van der Waals surface area contributed by atoms with Crippen LogP contribution in [0.4, 0.5) is 11.8 Å². The van der Waals surface area contributed by atoms with E-state index in [1.165, 1.54) is 0 Å². The topological polar surface area (TPSA) is 145 Å². The average Bonchev–Trinajstić information content (AvgIpc) is 3.05. The summed E-state index contributed by atoms with van der Waals surface area (Å²) in [5.74, 6) is 2.19. The maximum absolute atomic E-state index is 5.87. The van der Waals surface area contributed by atoms with Crippen LogP contribution in [0, 0.1) is 12.8 Å². The smallest absolute Gasteiger partial charge is 0.224 e. The Morgan fingerprint density at radius 2 is 2.04 bits per heavy atom. The fourth-order valence-corrected chi connectivity index (χ4v) is 2.46. The number of fused-ring (bicyclic) bond motifs is 1. The lowest BCUT2D eigenvalue weighted by molar-refractivity contribution is 0.336. The number of imidazole rings is 1. The molecule has 1 unspecified atom stereocenters. The summed E-state index contributed by atoms with van der Waals surface area (Å²) in [7, 11) is 0. The lowest BCUT2D eigenvalue weighted by Crippen LogP contribution is -2.26. The van der Waals surface area contributed by atoms with Gasteiger partial charge in [-0.3, -0.25) is 5.32 Å². The summed E-state index contributed by atoms with van der Waals surface area (Å²) in [4.78, 5) is 15.7. The van der Waals surface area contributed by atoms with Crippen molar-refractivity contribution in [3.8, 4) is 0 Å². The number of hydrogen-bond donors (Lipinski definition) is 4. The Balaban J connectivity index is 1.87. The van der Waals surface area contributed by atoms with Crippen molar-refractivity contribution in [3.05, 3.63) is 23.3 Å². The predicted molar refractivity (Wildman–Crippen MR) is 86.2 cm³/mol. The van der Waals surface area contributed by atoms with E-state index in [4.69, 9.17) is 16.0 Å². The van der Waals surface area contributed by atoms with Crippen molar-refractivity contribution < 1.29 is 4.52 Å². The van der Waals surface area contributed by atoms with Crippen LogP contribution in [0.2, 0.25) is 0 Å². The summed E-state index contributed by atoms with van der Waals surface area (Å²) in [6.45, 7) is 6.63. The van der Waals surface area contributed by atoms with Gasteiger partial charge in [0.15, 0.2) is 17.2 Å². The number of anilines is 2. The molecule has 3 aromatic rings. The van der Waals surface area contributed by atoms with Crippen LogP contribution in [-0.2, 0) is 6.54 Å². The first kappa shape index (κ1) is 15.2. The van der Waals surface area contributed by atoms with Crippen LogP contribution in [0.1, 0.15) is 37.2 Å². The first-order valence-corrected chi connectivity index (χ1v) is 7.38. The van der Waals surface area contributed by atoms with Gasteiger partial charge >= 0.3 is 0 Å². The van der Waals surface area contributed by atoms with Crippen LogP contribution in [0.25, 0.3) is 11.2 Å². The summed E-state index contributed by atoms with van der Waals surface area (Å²) in [5.41, 5.74) is 13.4. The Morgan fingerprint density at radius 1 is 1.26 bits per heavy atom. The summed E-state index contributed by atoms with van der Waals surface area (Å²) < 4.78 is 5.22. The quantitative estimate of drug-likeness (QED) is 0.551. The molecule has 0 spiro atoms. The Labute approximate surface area is 132 Å². The molecule has 3 heterocycles. The molecule has 9 heteroatoms. The van der Waals surface area contributed by atoms with Gasteiger partial charge in [-0.1, -0.05) is 19.0 Å². The monoisotopic (exact) mass is 316 g/mol. The maximum atomic E-state index is 5.87. The largest absolute Gasteiger partial charge is 0.382 e. The number of nitrogens with zero attached hydrogens (tertiary/aromatic N) is 4. The van der Waals surface area contributed by atoms with E-state index in [9.17, 15) is 0 Å². The highest BCUT2D eigenvalue weighted by atomic mass is 16.5. The molecular weight excluding hydrogens is 296 g/mol. The normalized spacial score (nSPS) is 13.0. The minimum absolute atomic E-state index is 0.0322. The number of nitrogens with one attached hydrogen (secondary N) is 2. The molecule has 0 bridgehead atoms. The van der Waals surface area contributed by atoms with Gasteiger partial charge in [-0.05, 0) is 12.8 Å². The van der Waals surface area contributed by atoms with Crippen molar-refractivity contribution >= 4 is 22.9 Å². The molecule has 23 heavy (non-hydrogen) atoms. The summed E-state index contributed by atoms with van der Waals surface area (Å²) in [6.07, 6.45) is 0. The molecule has 0 saturated heterocycles. The second-order valence-electron chi connectivity index (χ2n) is 5.82. The van der Waals surface area contributed by atoms with Crippen molar-refractivity contribution in [2.24, 2.45) is 5.92 Å². The van der Waals surface area contributed by atoms with Crippen molar-refractivity contribution in [2.75, 3.05) is 11.5 Å². The molecule has 0 amide bonds. The third-order valence-electron chi connectivity index (χ3n) is 3.55. The number of aromatic amines is 1. The highest BCUT2D eigenvalue weighted by Crippen LogP contribution is 2.24. The van der Waals surface area contributed by atoms with Crippen LogP contribution in [0.15, 0.2) is 10.6 Å². The van der Waals surface area contributed by atoms with Crippen LogP contribution < -0.4 is 16.8 Å². The minimum atomic E-state index is -0.0322. The summed E-state index contributed by atoms with van der Waals surface area (Å²) >= 11 is 0. The number of H-pyrrole nitrogens is 1. The van der Waals surface area contributed by atoms with E-state index in [2.05, 4.69) is 44.3 Å². The van der Waals surface area contributed by atoms with E-state index in [0.717, 1.165) is 17.3 Å². The van der Waals surface area contributed by atoms with Gasteiger partial charge in [0.25, 0.3) is 0 Å². The van der Waals surface area contributed by atoms with E-state index in [1.54, 1.807) is 0 Å². The van der Waals surface area contributed by atoms with Crippen molar-refractivity contribution in [3.63, 3.8) is 0 Å². The number of aromatic nitrogens is 5. The second kappa shape index (κ2) is 5.84. The zero-order chi connectivity index (χ0) is 16.6. The van der Waals surface area contributed by atoms with Gasteiger partial charge in [0, 0.05) is 6.07 Å². The molecule has 6 N–H and O–H groups in total. The van der Waals surface area contributed by atoms with Crippen LogP contribution in [0.5, 0.6) is 0 Å². The maximum Gasteiger partial charge on any atom is 0.224 e. The van der Waals surface area contributed by atoms with Crippen molar-refractivity contribution in [2.45, 2.75) is 33.4 Å². The zero-order valence-corrected chi connectivity index (χ0v) is 13.3. The molecule has 9 nitrogen and oxygen atoms in total. The standard InChI is InChI=1S/C14H20N8O/c1-6(2)9(17-5-8-4-7(3)22-23-8)12-18-10-11(15)19-14(16)21-13(10)20-12/h4,6,9,17H,5H2,1-3H3,(H5,15,16,18,19,20,21). The first-order chi connectivity index (χ1) is 10.9. The van der Waals surface area contributed by atoms with E-state index in [0.29, 0.717) is 23.5 Å². The van der Waals surface area contributed by atoms with E-state index in [1.807, 2.05) is 13.0 Å². The molecule has 0 fully saturated rings. The summed E-state index contributed by atoms with van der Waals surface area (Å²) in [6, 6.07) is 1.86. The lowest BCUT2D eigenvalue weighted by Gasteiger charge is -2.19. The van der Waals surface area contributed by atoms with Gasteiger partial charge in [-0.15, -0.1) is 0 Å². The third kappa shape index (κ3) is 3.09. The van der Waals surface area contributed by atoms with Gasteiger partial charge in [0.2, 0.25) is 5.95 Å². The van der Waals surface area contributed by atoms with Gasteiger partial charge in [0.05, 0.1) is 18.3 Å². The van der Waals surface area contributed by atoms with Crippen LogP contribution in [-0.4, -0.2) is 25.1 Å². The Bertz CT molecular complexity index is 821. The van der Waals surface area contributed by atoms with Gasteiger partial charge < -0.3 is 21.0 Å². The molecule has 0 radical (unpaired) electrons. The number of nitrogens with two attached hydrogens (primary N) is 2. The number of rotatable bonds is 5. The van der Waals surface area contributed by atoms with Crippen LogP contribution in [0.3, 0.4) is 0 Å². The zero-order valence-electron chi connectivity index (χ0n) is 13.3. The third-order valence-corrected chi connectivity index (χ3v) is 3.55. The molecular formula is C14H20N8O. The van der Waals surface area contributed by atoms with E-state index < -0.39 is 0 Å². The van der Waals surface area contributed by atoms with Crippen molar-refractivity contribution in [1.29, 1.82) is 0 Å². The fourth-order valence-electron chi connectivity index (χ4n) is 2.46. The molecule has 0 saturated carbocycles. The fraction of sp³-hybridized carbons (Fsp3) is 0.429. The molecule has 122 valence electrons. The van der Waals surface area contributed by atoms with Gasteiger partial charge in [-0.25, -0.2) is 4.98 Å². The SMILES string of the molecule is Cc1cc(CNC(c2nc3nc(N)nc(N)c3[nH]2)C(C)C)on1. The Morgan fingerprint density at radius 3 is 2.70 bits per heavy atom. The van der Waals surface area contributed by atoms with Gasteiger partial charge in [-0.2, -0.15) is 9.97 Å². The van der Waals surface area contributed by atoms with Gasteiger partial charge in [0.1, 0.15) is 11.3 Å². The van der Waals surface area contributed by atoms with Crippen LogP contribution >= 0.6 is 0 Å². The summed E-state index contributed by atoms with van der Waals surface area (Å²) in [5, 5.41) is 7.29. The number of hydrogen-bond acceptors (Lipinski definition) is 8. The highest BCUT2D eigenvalue weighted by molar-refractivity contribution is 5.82. The molecule has 1 atom stereocenters. The lowest BCUT2D eigenvalue weighted by atomic mass is 10.0. The first-order valence-electron chi connectivity index (χ1n) is 7.38. The average molecular weight is 316 g/mol. The Kier molecular flexibility index (Phi) is 3.87. The molecule has 0 aromatic carbocycles. The second-order valence-corrected chi connectivity index (χ2v) is 5.82. The minimum Gasteiger partial charge on any atom is -0.382 e. The number of nitrogen functional groups attached to an aromatic ring is 2. The molecule has 0 aliphatic carbocycles. The predicted octanol–water partition coefficient (Wildman–Crippen LogP) is 1.30. The molecule has 3 rings (SSSR count). The molecule has 3 aromatic heterocycles. The molecule has 0 aliphatic heterocycles.